The molecule has 29 heavy (non-hydrogen) atoms. The summed E-state index contributed by atoms with van der Waals surface area (Å²) in [6.45, 7) is 5.47. The SMILES string of the molecule is CCCC(C)(C)N(NC(=O)Nc1cc(F)ccc1F)C(=O)c1cc(Cl)cc(Cl)c1. The van der Waals surface area contributed by atoms with Gasteiger partial charge in [-0.1, -0.05) is 36.5 Å². The molecule has 0 aliphatic heterocycles. The van der Waals surface area contributed by atoms with Crippen LogP contribution in [0.5, 0.6) is 0 Å². The van der Waals surface area contributed by atoms with Crippen LogP contribution in [0.15, 0.2) is 36.4 Å². The number of benzene rings is 2. The maximum atomic E-state index is 13.8. The molecular formula is C20H21Cl2F2N3O2. The zero-order valence-corrected chi connectivity index (χ0v) is 17.7. The fraction of sp³-hybridized carbons (Fsp3) is 0.300. The van der Waals surface area contributed by atoms with Gasteiger partial charge in [-0.25, -0.2) is 24.0 Å². The van der Waals surface area contributed by atoms with Gasteiger partial charge in [0.05, 0.1) is 11.2 Å². The molecule has 0 bridgehead atoms. The smallest absolute Gasteiger partial charge is 0.304 e. The number of nitrogens with one attached hydrogen (secondary N) is 2. The summed E-state index contributed by atoms with van der Waals surface area (Å²) >= 11 is 12.0. The number of rotatable bonds is 5. The Hall–Kier alpha value is -2.38. The number of halogens is 4. The van der Waals surface area contributed by atoms with Gasteiger partial charge < -0.3 is 5.32 Å². The fourth-order valence-corrected chi connectivity index (χ4v) is 3.38. The predicted molar refractivity (Wildman–Crippen MR) is 110 cm³/mol. The number of hydrogen-bond acceptors (Lipinski definition) is 2. The first-order chi connectivity index (χ1) is 13.5. The van der Waals surface area contributed by atoms with E-state index >= 15 is 0 Å². The number of urea groups is 1. The Morgan fingerprint density at radius 2 is 1.69 bits per heavy atom. The normalized spacial score (nSPS) is 11.1. The summed E-state index contributed by atoms with van der Waals surface area (Å²) in [5, 5.41) is 3.87. The molecule has 5 nitrogen and oxygen atoms in total. The van der Waals surface area contributed by atoms with Crippen LogP contribution in [0.1, 0.15) is 44.0 Å². The van der Waals surface area contributed by atoms with Crippen molar-refractivity contribution in [3.8, 4) is 0 Å². The summed E-state index contributed by atoms with van der Waals surface area (Å²) in [6.07, 6.45) is 1.29. The summed E-state index contributed by atoms with van der Waals surface area (Å²) < 4.78 is 27.2. The third kappa shape index (κ3) is 6.05. The first-order valence-corrected chi connectivity index (χ1v) is 9.62. The topological polar surface area (TPSA) is 61.4 Å². The van der Waals surface area contributed by atoms with E-state index in [-0.39, 0.29) is 21.3 Å². The molecular weight excluding hydrogens is 423 g/mol. The average molecular weight is 444 g/mol. The van der Waals surface area contributed by atoms with Gasteiger partial charge in [0.1, 0.15) is 11.6 Å². The number of anilines is 1. The van der Waals surface area contributed by atoms with Gasteiger partial charge >= 0.3 is 6.03 Å². The number of carbonyl (C=O) groups is 2. The molecule has 0 fully saturated rings. The minimum atomic E-state index is -0.903. The molecule has 2 N–H and O–H groups in total. The van der Waals surface area contributed by atoms with Crippen molar-refractivity contribution in [3.05, 3.63) is 63.6 Å². The summed E-state index contributed by atoms with van der Waals surface area (Å²) in [4.78, 5) is 25.6. The second-order valence-corrected chi connectivity index (χ2v) is 7.92. The highest BCUT2D eigenvalue weighted by molar-refractivity contribution is 6.35. The third-order valence-electron chi connectivity index (χ3n) is 4.17. The van der Waals surface area contributed by atoms with Crippen LogP contribution in [0, 0.1) is 11.6 Å². The molecule has 0 atom stereocenters. The van der Waals surface area contributed by atoms with Gasteiger partial charge in [-0.2, -0.15) is 0 Å². The molecule has 0 aliphatic rings. The summed E-state index contributed by atoms with van der Waals surface area (Å²) in [5.41, 5.74) is 1.46. The number of amides is 3. The Labute approximate surface area is 177 Å². The molecule has 2 rings (SSSR count). The highest BCUT2D eigenvalue weighted by Gasteiger charge is 2.33. The van der Waals surface area contributed by atoms with Gasteiger partial charge in [-0.05, 0) is 50.6 Å². The van der Waals surface area contributed by atoms with Crippen LogP contribution < -0.4 is 10.7 Å². The van der Waals surface area contributed by atoms with Crippen molar-refractivity contribution in [2.45, 2.75) is 39.2 Å². The Morgan fingerprint density at radius 3 is 2.28 bits per heavy atom. The standard InChI is InChI=1S/C20H21Cl2F2N3O2/c1-4-7-20(2,3)27(18(28)12-8-13(21)10-14(22)9-12)26-19(29)25-17-11-15(23)5-6-16(17)24/h5-6,8-11H,4,7H2,1-3H3,(H2,25,26,29). The number of nitrogens with zero attached hydrogens (tertiary/aromatic N) is 1. The number of hydrogen-bond donors (Lipinski definition) is 2. The van der Waals surface area contributed by atoms with E-state index in [9.17, 15) is 18.4 Å². The van der Waals surface area contributed by atoms with Crippen molar-refractivity contribution in [1.29, 1.82) is 0 Å². The first kappa shape index (κ1) is 22.9. The molecule has 0 saturated heterocycles. The van der Waals surface area contributed by atoms with Gasteiger partial charge in [0.25, 0.3) is 5.91 Å². The van der Waals surface area contributed by atoms with E-state index in [2.05, 4.69) is 10.7 Å². The van der Waals surface area contributed by atoms with E-state index < -0.39 is 29.1 Å². The molecule has 0 spiro atoms. The molecule has 0 aliphatic carbocycles. The highest BCUT2D eigenvalue weighted by atomic mass is 35.5. The van der Waals surface area contributed by atoms with Crippen LogP contribution in [-0.4, -0.2) is 22.5 Å². The van der Waals surface area contributed by atoms with E-state index in [1.807, 2.05) is 6.92 Å². The third-order valence-corrected chi connectivity index (χ3v) is 4.61. The molecule has 0 radical (unpaired) electrons. The molecule has 2 aromatic rings. The summed E-state index contributed by atoms with van der Waals surface area (Å²) in [7, 11) is 0. The molecule has 2 aromatic carbocycles. The van der Waals surface area contributed by atoms with Gasteiger partial charge in [-0.3, -0.25) is 4.79 Å². The zero-order valence-electron chi connectivity index (χ0n) is 16.2. The van der Waals surface area contributed by atoms with Gasteiger partial charge in [0.2, 0.25) is 0 Å². The maximum Gasteiger partial charge on any atom is 0.338 e. The van der Waals surface area contributed by atoms with Crippen molar-refractivity contribution in [3.63, 3.8) is 0 Å². The van der Waals surface area contributed by atoms with E-state index in [4.69, 9.17) is 23.2 Å². The molecule has 0 aromatic heterocycles. The van der Waals surface area contributed by atoms with Crippen LogP contribution >= 0.6 is 23.2 Å². The molecule has 156 valence electrons. The number of hydrazine groups is 1. The van der Waals surface area contributed by atoms with Crippen molar-refractivity contribution < 1.29 is 18.4 Å². The molecule has 0 saturated carbocycles. The summed E-state index contributed by atoms with van der Waals surface area (Å²) in [5.74, 6) is -2.08. The lowest BCUT2D eigenvalue weighted by atomic mass is 9.97. The minimum Gasteiger partial charge on any atom is -0.304 e. The van der Waals surface area contributed by atoms with Crippen molar-refractivity contribution in [2.24, 2.45) is 0 Å². The lowest BCUT2D eigenvalue weighted by molar-refractivity contribution is 0.0391. The van der Waals surface area contributed by atoms with Crippen LogP contribution in [0.25, 0.3) is 0 Å². The summed E-state index contributed by atoms with van der Waals surface area (Å²) in [6, 6.07) is 6.10. The number of carbonyl (C=O) groups excluding carboxylic acids is 2. The Morgan fingerprint density at radius 1 is 1.07 bits per heavy atom. The lowest BCUT2D eigenvalue weighted by Gasteiger charge is -2.38. The van der Waals surface area contributed by atoms with E-state index in [1.54, 1.807) is 13.8 Å². The van der Waals surface area contributed by atoms with Crippen molar-refractivity contribution >= 4 is 40.8 Å². The highest BCUT2D eigenvalue weighted by Crippen LogP contribution is 2.25. The van der Waals surface area contributed by atoms with E-state index in [0.717, 1.165) is 29.6 Å². The van der Waals surface area contributed by atoms with Gasteiger partial charge in [0.15, 0.2) is 0 Å². The predicted octanol–water partition coefficient (Wildman–Crippen LogP) is 6.03. The first-order valence-electron chi connectivity index (χ1n) is 8.87. The average Bonchev–Trinajstić information content (AvgIpc) is 2.61. The maximum absolute atomic E-state index is 13.8. The van der Waals surface area contributed by atoms with Gasteiger partial charge in [-0.15, -0.1) is 0 Å². The quantitative estimate of drug-likeness (QED) is 0.554. The van der Waals surface area contributed by atoms with Crippen LogP contribution in [0.2, 0.25) is 10.0 Å². The molecule has 3 amide bonds. The second-order valence-electron chi connectivity index (χ2n) is 7.05. The monoisotopic (exact) mass is 443 g/mol. The Balaban J connectivity index is 2.31. The zero-order chi connectivity index (χ0) is 21.8. The Bertz CT molecular complexity index is 902. The Kier molecular flexibility index (Phi) is 7.43. The fourth-order valence-electron chi connectivity index (χ4n) is 2.85. The lowest BCUT2D eigenvalue weighted by Crippen LogP contribution is -2.58. The molecule has 9 heteroatoms. The van der Waals surface area contributed by atoms with Crippen LogP contribution in [0.3, 0.4) is 0 Å². The van der Waals surface area contributed by atoms with E-state index in [1.165, 1.54) is 18.2 Å². The second kappa shape index (κ2) is 9.41. The minimum absolute atomic E-state index is 0.170. The molecule has 0 unspecified atom stereocenters. The van der Waals surface area contributed by atoms with E-state index in [0.29, 0.717) is 6.42 Å². The van der Waals surface area contributed by atoms with Crippen molar-refractivity contribution in [2.75, 3.05) is 5.32 Å². The largest absolute Gasteiger partial charge is 0.338 e. The van der Waals surface area contributed by atoms with Crippen LogP contribution in [-0.2, 0) is 0 Å². The molecule has 0 heterocycles. The van der Waals surface area contributed by atoms with Crippen molar-refractivity contribution in [1.82, 2.24) is 10.4 Å². The van der Waals surface area contributed by atoms with Gasteiger partial charge in [0, 0.05) is 21.7 Å². The van der Waals surface area contributed by atoms with Crippen LogP contribution in [0.4, 0.5) is 19.3 Å².